The van der Waals surface area contributed by atoms with Crippen molar-refractivity contribution in [1.82, 2.24) is 9.88 Å². The van der Waals surface area contributed by atoms with E-state index in [9.17, 15) is 9.59 Å². The molecule has 2 heterocycles. The molecule has 2 unspecified atom stereocenters. The molecule has 1 amide bonds. The molecule has 1 fully saturated rings. The summed E-state index contributed by atoms with van der Waals surface area (Å²) in [6.45, 7) is 4.36. The van der Waals surface area contributed by atoms with Gasteiger partial charge in [-0.2, -0.15) is 0 Å². The number of esters is 1. The number of aryl methyl sites for hydroxylation is 1. The minimum absolute atomic E-state index is 0.0701. The number of amides is 1. The molecule has 1 aliphatic rings. The lowest BCUT2D eigenvalue weighted by molar-refractivity contribution is 0.0590. The van der Waals surface area contributed by atoms with Crippen LogP contribution in [0.2, 0.25) is 0 Å². The van der Waals surface area contributed by atoms with Crippen molar-refractivity contribution in [3.63, 3.8) is 0 Å². The van der Waals surface area contributed by atoms with Gasteiger partial charge in [-0.3, -0.25) is 0 Å². The number of benzene rings is 1. The maximum atomic E-state index is 12.6. The van der Waals surface area contributed by atoms with Gasteiger partial charge in [-0.15, -0.1) is 0 Å². The summed E-state index contributed by atoms with van der Waals surface area (Å²) in [6, 6.07) is 9.64. The monoisotopic (exact) mass is 372 g/mol. The molecule has 0 saturated carbocycles. The highest BCUT2D eigenvalue weighted by Crippen LogP contribution is 2.31. The standard InChI is InChI=1S/C20H24N2O5/c1-13-9-10-16(18-21-17(14(2)27-18)19(23)25-3)11-22(13)20(24)26-12-15-7-5-4-6-8-15/h4-8,13,16H,9-12H2,1-3H3. The molecule has 1 aromatic carbocycles. The summed E-state index contributed by atoms with van der Waals surface area (Å²) in [5.41, 5.74) is 1.13. The third-order valence-corrected chi connectivity index (χ3v) is 4.86. The topological polar surface area (TPSA) is 81.9 Å². The van der Waals surface area contributed by atoms with Gasteiger partial charge in [0.25, 0.3) is 0 Å². The normalized spacial score (nSPS) is 19.6. The third kappa shape index (κ3) is 4.30. The van der Waals surface area contributed by atoms with Gasteiger partial charge in [0.15, 0.2) is 11.6 Å². The lowest BCUT2D eigenvalue weighted by atomic mass is 9.94. The number of likely N-dealkylation sites (tertiary alicyclic amines) is 1. The predicted octanol–water partition coefficient (Wildman–Crippen LogP) is 3.67. The van der Waals surface area contributed by atoms with Crippen LogP contribution in [0.4, 0.5) is 4.79 Å². The highest BCUT2D eigenvalue weighted by Gasteiger charge is 2.34. The number of aromatic nitrogens is 1. The zero-order valence-corrected chi connectivity index (χ0v) is 15.8. The highest BCUT2D eigenvalue weighted by atomic mass is 16.6. The van der Waals surface area contributed by atoms with Gasteiger partial charge in [0.05, 0.1) is 13.0 Å². The second-order valence-electron chi connectivity index (χ2n) is 6.76. The van der Waals surface area contributed by atoms with E-state index in [4.69, 9.17) is 13.9 Å². The Morgan fingerprint density at radius 3 is 2.70 bits per heavy atom. The molecule has 0 spiro atoms. The molecule has 144 valence electrons. The van der Waals surface area contributed by atoms with E-state index in [-0.39, 0.29) is 30.4 Å². The van der Waals surface area contributed by atoms with Crippen molar-refractivity contribution >= 4 is 12.1 Å². The molecule has 2 atom stereocenters. The van der Waals surface area contributed by atoms with E-state index >= 15 is 0 Å². The van der Waals surface area contributed by atoms with Crippen molar-refractivity contribution in [2.24, 2.45) is 0 Å². The molecule has 1 saturated heterocycles. The second-order valence-corrected chi connectivity index (χ2v) is 6.76. The summed E-state index contributed by atoms with van der Waals surface area (Å²) in [7, 11) is 1.31. The maximum Gasteiger partial charge on any atom is 0.410 e. The van der Waals surface area contributed by atoms with Gasteiger partial charge in [-0.1, -0.05) is 30.3 Å². The number of oxazole rings is 1. The molecule has 7 heteroatoms. The van der Waals surface area contributed by atoms with Crippen LogP contribution in [0.1, 0.15) is 53.4 Å². The summed E-state index contributed by atoms with van der Waals surface area (Å²) < 4.78 is 15.9. The second kappa shape index (κ2) is 8.24. The van der Waals surface area contributed by atoms with Gasteiger partial charge in [-0.25, -0.2) is 14.6 Å². The van der Waals surface area contributed by atoms with Crippen molar-refractivity contribution in [1.29, 1.82) is 0 Å². The quantitative estimate of drug-likeness (QED) is 0.762. The van der Waals surface area contributed by atoms with Gasteiger partial charge < -0.3 is 18.8 Å². The van der Waals surface area contributed by atoms with E-state index in [2.05, 4.69) is 4.98 Å². The van der Waals surface area contributed by atoms with Crippen LogP contribution in [0, 0.1) is 6.92 Å². The van der Waals surface area contributed by atoms with E-state index < -0.39 is 5.97 Å². The van der Waals surface area contributed by atoms with Crippen LogP contribution in [-0.2, 0) is 16.1 Å². The molecule has 0 aliphatic carbocycles. The summed E-state index contributed by atoms with van der Waals surface area (Å²) in [6.07, 6.45) is 1.28. The van der Waals surface area contributed by atoms with Crippen LogP contribution in [0.15, 0.2) is 34.7 Å². The fourth-order valence-electron chi connectivity index (χ4n) is 3.24. The average Bonchev–Trinajstić information content (AvgIpc) is 3.08. The molecule has 2 aromatic rings. The number of hydrogen-bond acceptors (Lipinski definition) is 6. The van der Waals surface area contributed by atoms with Crippen LogP contribution in [-0.4, -0.2) is 41.6 Å². The summed E-state index contributed by atoms with van der Waals surface area (Å²) in [5.74, 6) is 0.280. The van der Waals surface area contributed by atoms with Crippen molar-refractivity contribution < 1.29 is 23.5 Å². The van der Waals surface area contributed by atoms with Gasteiger partial charge >= 0.3 is 12.1 Å². The van der Waals surface area contributed by atoms with Crippen molar-refractivity contribution in [3.8, 4) is 0 Å². The predicted molar refractivity (Wildman–Crippen MR) is 97.3 cm³/mol. The summed E-state index contributed by atoms with van der Waals surface area (Å²) in [5, 5.41) is 0. The minimum Gasteiger partial charge on any atom is -0.464 e. The molecule has 0 radical (unpaired) electrons. The summed E-state index contributed by atoms with van der Waals surface area (Å²) in [4.78, 5) is 30.3. The van der Waals surface area contributed by atoms with Crippen molar-refractivity contribution in [2.45, 2.75) is 45.3 Å². The Kier molecular flexibility index (Phi) is 5.78. The minimum atomic E-state index is -0.522. The van der Waals surface area contributed by atoms with Gasteiger partial charge in [0.2, 0.25) is 0 Å². The Hall–Kier alpha value is -2.83. The maximum absolute atomic E-state index is 12.6. The molecular weight excluding hydrogens is 348 g/mol. The number of piperidine rings is 1. The Morgan fingerprint density at radius 1 is 1.26 bits per heavy atom. The molecule has 3 rings (SSSR count). The molecule has 1 aromatic heterocycles. The van der Waals surface area contributed by atoms with Crippen LogP contribution in [0.5, 0.6) is 0 Å². The van der Waals surface area contributed by atoms with Crippen LogP contribution < -0.4 is 0 Å². The summed E-state index contributed by atoms with van der Waals surface area (Å²) >= 11 is 0. The van der Waals surface area contributed by atoms with Gasteiger partial charge in [-0.05, 0) is 32.3 Å². The number of methoxy groups -OCH3 is 1. The number of hydrogen-bond donors (Lipinski definition) is 0. The van der Waals surface area contributed by atoms with E-state index in [1.165, 1.54) is 7.11 Å². The molecule has 7 nitrogen and oxygen atoms in total. The lowest BCUT2D eigenvalue weighted by Crippen LogP contribution is -2.45. The number of nitrogens with zero attached hydrogens (tertiary/aromatic N) is 2. The van der Waals surface area contributed by atoms with Crippen LogP contribution in [0.25, 0.3) is 0 Å². The Morgan fingerprint density at radius 2 is 2.00 bits per heavy atom. The van der Waals surface area contributed by atoms with E-state index in [0.29, 0.717) is 18.2 Å². The SMILES string of the molecule is COC(=O)c1nc(C2CCC(C)N(C(=O)OCc3ccccc3)C2)oc1C. The fraction of sp³-hybridized carbons (Fsp3) is 0.450. The van der Waals surface area contributed by atoms with E-state index in [1.807, 2.05) is 37.3 Å². The largest absolute Gasteiger partial charge is 0.464 e. The molecule has 27 heavy (non-hydrogen) atoms. The number of carbonyl (C=O) groups excluding carboxylic acids is 2. The first-order valence-corrected chi connectivity index (χ1v) is 9.02. The molecular formula is C20H24N2O5. The first-order chi connectivity index (χ1) is 13.0. The number of rotatable bonds is 4. The average molecular weight is 372 g/mol. The van der Waals surface area contributed by atoms with Gasteiger partial charge in [0, 0.05) is 12.6 Å². The van der Waals surface area contributed by atoms with Gasteiger partial charge in [0.1, 0.15) is 12.4 Å². The van der Waals surface area contributed by atoms with Crippen molar-refractivity contribution in [3.05, 3.63) is 53.2 Å². The zero-order valence-electron chi connectivity index (χ0n) is 15.8. The zero-order chi connectivity index (χ0) is 19.4. The molecule has 0 bridgehead atoms. The highest BCUT2D eigenvalue weighted by molar-refractivity contribution is 5.88. The van der Waals surface area contributed by atoms with E-state index in [0.717, 1.165) is 18.4 Å². The first kappa shape index (κ1) is 18.9. The van der Waals surface area contributed by atoms with Crippen molar-refractivity contribution in [2.75, 3.05) is 13.7 Å². The number of carbonyl (C=O) groups is 2. The smallest absolute Gasteiger partial charge is 0.410 e. The fourth-order valence-corrected chi connectivity index (χ4v) is 3.24. The molecule has 1 aliphatic heterocycles. The Bertz CT molecular complexity index is 802. The Balaban J connectivity index is 1.67. The Labute approximate surface area is 158 Å². The lowest BCUT2D eigenvalue weighted by Gasteiger charge is -2.36. The number of ether oxygens (including phenoxy) is 2. The third-order valence-electron chi connectivity index (χ3n) is 4.86. The van der Waals surface area contributed by atoms with E-state index in [1.54, 1.807) is 11.8 Å². The van der Waals surface area contributed by atoms with Crippen LogP contribution in [0.3, 0.4) is 0 Å². The first-order valence-electron chi connectivity index (χ1n) is 9.02. The molecule has 0 N–H and O–H groups in total. The van der Waals surface area contributed by atoms with Crippen LogP contribution >= 0.6 is 0 Å².